The van der Waals surface area contributed by atoms with E-state index in [1.807, 2.05) is 26.8 Å². The number of carbonyl (C=O) groups excluding carboxylic acids is 1. The van der Waals surface area contributed by atoms with Crippen molar-refractivity contribution >= 4 is 44.7 Å². The van der Waals surface area contributed by atoms with E-state index < -0.39 is 38.8 Å². The molecule has 0 radical (unpaired) electrons. The van der Waals surface area contributed by atoms with Crippen molar-refractivity contribution < 1.29 is 39.4 Å². The SMILES string of the molecule is Cc1cc(C(C)Nc2ccc(Cl)nc2-c2cc(F)c(OS(=O)(=O)C(F)(F)F)c(C=O)c2)c2oc(C(C)C)c(C)c(=O)c2c1. The van der Waals surface area contributed by atoms with Gasteiger partial charge in [-0.05, 0) is 56.7 Å². The molecule has 2 aromatic heterocycles. The van der Waals surface area contributed by atoms with Crippen LogP contribution in [0.4, 0.5) is 23.2 Å². The Morgan fingerprint density at radius 3 is 2.37 bits per heavy atom. The second kappa shape index (κ2) is 11.6. The first-order valence-corrected chi connectivity index (χ1v) is 14.5. The third-order valence-electron chi connectivity index (χ3n) is 6.60. The lowest BCUT2D eigenvalue weighted by Gasteiger charge is -2.21. The zero-order valence-corrected chi connectivity index (χ0v) is 25.0. The normalized spacial score (nSPS) is 12.9. The second-order valence-electron chi connectivity index (χ2n) is 10.2. The van der Waals surface area contributed by atoms with Gasteiger partial charge in [0.05, 0.1) is 28.4 Å². The molecule has 0 aliphatic carbocycles. The summed E-state index contributed by atoms with van der Waals surface area (Å²) >= 11 is 6.10. The summed E-state index contributed by atoms with van der Waals surface area (Å²) in [7, 11) is -6.26. The van der Waals surface area contributed by atoms with E-state index in [4.69, 9.17) is 16.0 Å². The summed E-state index contributed by atoms with van der Waals surface area (Å²) in [5, 5.41) is 3.57. The molecule has 2 aromatic carbocycles. The Morgan fingerprint density at radius 1 is 1.09 bits per heavy atom. The van der Waals surface area contributed by atoms with Crippen LogP contribution in [0.15, 0.2) is 45.6 Å². The van der Waals surface area contributed by atoms with Crippen LogP contribution in [0, 0.1) is 19.7 Å². The number of halogens is 5. The lowest BCUT2D eigenvalue weighted by molar-refractivity contribution is -0.0501. The average molecular weight is 641 g/mol. The van der Waals surface area contributed by atoms with Crippen molar-refractivity contribution in [1.82, 2.24) is 4.98 Å². The number of alkyl halides is 3. The van der Waals surface area contributed by atoms with Gasteiger partial charge in [-0.1, -0.05) is 31.5 Å². The van der Waals surface area contributed by atoms with E-state index in [-0.39, 0.29) is 39.7 Å². The Morgan fingerprint density at radius 2 is 1.77 bits per heavy atom. The smallest absolute Gasteiger partial charge is 0.460 e. The van der Waals surface area contributed by atoms with Gasteiger partial charge in [0.15, 0.2) is 23.3 Å². The number of hydrogen-bond donors (Lipinski definition) is 1. The molecule has 0 saturated heterocycles. The topological polar surface area (TPSA) is 116 Å². The minimum Gasteiger partial charge on any atom is -0.460 e. The summed E-state index contributed by atoms with van der Waals surface area (Å²) < 4.78 is 86.6. The summed E-state index contributed by atoms with van der Waals surface area (Å²) in [5.41, 5.74) is -4.41. The molecule has 228 valence electrons. The van der Waals surface area contributed by atoms with E-state index in [0.29, 0.717) is 33.9 Å². The summed E-state index contributed by atoms with van der Waals surface area (Å²) in [4.78, 5) is 29.1. The predicted molar refractivity (Wildman–Crippen MR) is 154 cm³/mol. The predicted octanol–water partition coefficient (Wildman–Crippen LogP) is 7.60. The number of aryl methyl sites for hydroxylation is 1. The van der Waals surface area contributed by atoms with Crippen LogP contribution in [0.3, 0.4) is 0 Å². The molecule has 0 aliphatic rings. The molecule has 0 spiro atoms. The maximum atomic E-state index is 15.0. The molecular formula is C29H25ClF4N2O6S. The van der Waals surface area contributed by atoms with Crippen molar-refractivity contribution in [2.75, 3.05) is 5.32 Å². The van der Waals surface area contributed by atoms with Gasteiger partial charge in [-0.25, -0.2) is 9.37 Å². The van der Waals surface area contributed by atoms with Gasteiger partial charge in [0.1, 0.15) is 16.5 Å². The van der Waals surface area contributed by atoms with Gasteiger partial charge in [0.2, 0.25) is 0 Å². The summed E-state index contributed by atoms with van der Waals surface area (Å²) in [5.74, 6) is -2.51. The average Bonchev–Trinajstić information content (AvgIpc) is 2.91. The number of aldehydes is 1. The molecular weight excluding hydrogens is 616 g/mol. The highest BCUT2D eigenvalue weighted by Gasteiger charge is 2.49. The summed E-state index contributed by atoms with van der Waals surface area (Å²) in [6.45, 7) is 9.11. The minimum atomic E-state index is -6.26. The van der Waals surface area contributed by atoms with Gasteiger partial charge in [-0.15, -0.1) is 0 Å². The van der Waals surface area contributed by atoms with E-state index in [0.717, 1.165) is 11.6 Å². The monoisotopic (exact) mass is 640 g/mol. The van der Waals surface area contributed by atoms with Crippen molar-refractivity contribution in [2.24, 2.45) is 0 Å². The number of nitrogens with zero attached hydrogens (tertiary/aromatic N) is 1. The van der Waals surface area contributed by atoms with Gasteiger partial charge < -0.3 is 13.9 Å². The van der Waals surface area contributed by atoms with Crippen LogP contribution < -0.4 is 14.9 Å². The molecule has 1 atom stereocenters. The second-order valence-corrected chi connectivity index (χ2v) is 12.1. The number of rotatable bonds is 8. The number of hydrogen-bond acceptors (Lipinski definition) is 8. The van der Waals surface area contributed by atoms with Crippen molar-refractivity contribution in [3.8, 4) is 17.0 Å². The standard InChI is InChI=1S/C29H25ClF4N2O6S/c1-13(2)26-15(4)25(38)20-9-14(3)8-19(28(20)41-26)16(5)35-22-6-7-23(30)36-24(22)17-10-18(12-37)27(21(31)11-17)42-43(39,40)29(32,33)34/h6-13,16,35H,1-5H3. The number of carbonyl (C=O) groups is 1. The van der Waals surface area contributed by atoms with Crippen LogP contribution in [0.1, 0.15) is 65.5 Å². The van der Waals surface area contributed by atoms with Gasteiger partial charge in [-0.3, -0.25) is 9.59 Å². The number of aromatic nitrogens is 1. The fourth-order valence-corrected chi connectivity index (χ4v) is 5.26. The molecule has 0 aliphatic heterocycles. The first-order chi connectivity index (χ1) is 19.9. The zero-order chi connectivity index (χ0) is 32.0. The fraction of sp³-hybridized carbons (Fsp3) is 0.276. The largest absolute Gasteiger partial charge is 0.534 e. The van der Waals surface area contributed by atoms with E-state index >= 15 is 4.39 Å². The van der Waals surface area contributed by atoms with Gasteiger partial charge in [0.25, 0.3) is 0 Å². The van der Waals surface area contributed by atoms with Crippen LogP contribution in [-0.2, 0) is 10.1 Å². The quantitative estimate of drug-likeness (QED) is 0.0688. The van der Waals surface area contributed by atoms with Crippen molar-refractivity contribution in [2.45, 2.75) is 52.1 Å². The lowest BCUT2D eigenvalue weighted by Crippen LogP contribution is -2.28. The maximum absolute atomic E-state index is 15.0. The minimum absolute atomic E-state index is 0.0105. The van der Waals surface area contributed by atoms with Crippen molar-refractivity contribution in [3.05, 3.63) is 85.6 Å². The van der Waals surface area contributed by atoms with E-state index in [1.165, 1.54) is 12.1 Å². The number of fused-ring (bicyclic) bond motifs is 1. The van der Waals surface area contributed by atoms with Crippen LogP contribution in [-0.4, -0.2) is 25.2 Å². The highest BCUT2D eigenvalue weighted by atomic mass is 35.5. The Kier molecular flexibility index (Phi) is 8.63. The summed E-state index contributed by atoms with van der Waals surface area (Å²) in [6, 6.07) is 7.55. The molecule has 0 amide bonds. The van der Waals surface area contributed by atoms with Crippen LogP contribution in [0.5, 0.6) is 5.75 Å². The van der Waals surface area contributed by atoms with Gasteiger partial charge in [0, 0.05) is 22.6 Å². The third-order valence-corrected chi connectivity index (χ3v) is 7.77. The summed E-state index contributed by atoms with van der Waals surface area (Å²) in [6.07, 6.45) is -0.0523. The molecule has 0 bridgehead atoms. The van der Waals surface area contributed by atoms with Gasteiger partial charge in [-0.2, -0.15) is 21.6 Å². The molecule has 0 saturated carbocycles. The number of nitrogens with one attached hydrogen (secondary N) is 1. The first-order valence-electron chi connectivity index (χ1n) is 12.8. The Hall–Kier alpha value is -3.97. The highest BCUT2D eigenvalue weighted by molar-refractivity contribution is 7.88. The maximum Gasteiger partial charge on any atom is 0.534 e. The Balaban J connectivity index is 1.83. The van der Waals surface area contributed by atoms with Crippen LogP contribution in [0.25, 0.3) is 22.2 Å². The molecule has 43 heavy (non-hydrogen) atoms. The molecule has 4 aromatic rings. The molecule has 1 N–H and O–H groups in total. The lowest BCUT2D eigenvalue weighted by atomic mass is 9.98. The number of anilines is 1. The molecule has 0 fully saturated rings. The molecule has 2 heterocycles. The van der Waals surface area contributed by atoms with Crippen molar-refractivity contribution in [1.29, 1.82) is 0 Å². The van der Waals surface area contributed by atoms with E-state index in [9.17, 15) is 31.2 Å². The third kappa shape index (κ3) is 6.23. The number of benzene rings is 2. The molecule has 4 rings (SSSR count). The first kappa shape index (κ1) is 32.0. The highest BCUT2D eigenvalue weighted by Crippen LogP contribution is 2.37. The van der Waals surface area contributed by atoms with Crippen LogP contribution >= 0.6 is 11.6 Å². The van der Waals surface area contributed by atoms with Crippen molar-refractivity contribution in [3.63, 3.8) is 0 Å². The molecule has 14 heteroatoms. The number of pyridine rings is 1. The Bertz CT molecular complexity index is 1920. The van der Waals surface area contributed by atoms with Crippen LogP contribution in [0.2, 0.25) is 5.15 Å². The zero-order valence-electron chi connectivity index (χ0n) is 23.4. The Labute approximate surface area is 248 Å². The fourth-order valence-electron chi connectivity index (χ4n) is 4.62. The van der Waals surface area contributed by atoms with E-state index in [2.05, 4.69) is 14.5 Å². The van der Waals surface area contributed by atoms with Gasteiger partial charge >= 0.3 is 15.6 Å². The van der Waals surface area contributed by atoms with E-state index in [1.54, 1.807) is 19.9 Å². The molecule has 1 unspecified atom stereocenters. The molecule has 8 nitrogen and oxygen atoms in total.